The molecule has 14 heavy (non-hydrogen) atoms. The molecule has 5 heteroatoms. The fourth-order valence-corrected chi connectivity index (χ4v) is 1.69. The Balaban J connectivity index is 2.92. The van der Waals surface area contributed by atoms with Crippen LogP contribution in [0, 0.1) is 5.82 Å². The highest BCUT2D eigenvalue weighted by Crippen LogP contribution is 2.30. The molecule has 0 spiro atoms. The van der Waals surface area contributed by atoms with Gasteiger partial charge >= 0.3 is 0 Å². The number of anilines is 1. The molecule has 0 bridgehead atoms. The van der Waals surface area contributed by atoms with Crippen LogP contribution < -0.4 is 10.5 Å². The van der Waals surface area contributed by atoms with Gasteiger partial charge in [-0.15, -0.1) is 11.8 Å². The lowest BCUT2D eigenvalue weighted by atomic mass is 10.3. The van der Waals surface area contributed by atoms with Gasteiger partial charge in [-0.3, -0.25) is 0 Å². The molecular formula is C9H12FNO2S. The first-order chi connectivity index (χ1) is 6.69. The first-order valence-corrected chi connectivity index (χ1v) is 5.04. The molecule has 0 atom stereocenters. The Bertz CT molecular complexity index is 320. The third-order valence-electron chi connectivity index (χ3n) is 1.63. The number of aliphatic hydroxyl groups is 1. The molecule has 1 aromatic rings. The summed E-state index contributed by atoms with van der Waals surface area (Å²) >= 11 is 1.22. The fourth-order valence-electron chi connectivity index (χ4n) is 0.993. The lowest BCUT2D eigenvalue weighted by Gasteiger charge is -2.07. The molecule has 0 saturated heterocycles. The van der Waals surface area contributed by atoms with E-state index in [1.165, 1.54) is 31.0 Å². The van der Waals surface area contributed by atoms with Crippen LogP contribution in [-0.2, 0) is 0 Å². The van der Waals surface area contributed by atoms with Gasteiger partial charge in [0.05, 0.1) is 19.4 Å². The zero-order valence-corrected chi connectivity index (χ0v) is 8.60. The van der Waals surface area contributed by atoms with Gasteiger partial charge in [-0.05, 0) is 6.07 Å². The highest BCUT2D eigenvalue weighted by atomic mass is 32.2. The number of benzene rings is 1. The number of thioether (sulfide) groups is 1. The van der Waals surface area contributed by atoms with Crippen LogP contribution in [0.1, 0.15) is 0 Å². The minimum Gasteiger partial charge on any atom is -0.495 e. The average Bonchev–Trinajstić information content (AvgIpc) is 2.17. The first-order valence-electron chi connectivity index (χ1n) is 4.05. The highest BCUT2D eigenvalue weighted by molar-refractivity contribution is 7.99. The predicted octanol–water partition coefficient (Wildman–Crippen LogP) is 1.50. The second-order valence-electron chi connectivity index (χ2n) is 2.60. The predicted molar refractivity (Wildman–Crippen MR) is 55.2 cm³/mol. The topological polar surface area (TPSA) is 55.5 Å². The molecule has 0 fully saturated rings. The quantitative estimate of drug-likeness (QED) is 0.593. The summed E-state index contributed by atoms with van der Waals surface area (Å²) in [6.07, 6.45) is 0. The van der Waals surface area contributed by atoms with E-state index in [2.05, 4.69) is 0 Å². The number of hydrogen-bond donors (Lipinski definition) is 2. The van der Waals surface area contributed by atoms with Crippen LogP contribution in [0.25, 0.3) is 0 Å². The van der Waals surface area contributed by atoms with Crippen molar-refractivity contribution < 1.29 is 14.2 Å². The van der Waals surface area contributed by atoms with Crippen molar-refractivity contribution in [3.05, 3.63) is 17.9 Å². The molecule has 78 valence electrons. The second-order valence-corrected chi connectivity index (χ2v) is 3.73. The van der Waals surface area contributed by atoms with Gasteiger partial charge in [0.15, 0.2) is 0 Å². The maximum absolute atomic E-state index is 13.3. The molecule has 0 heterocycles. The Kier molecular flexibility index (Phi) is 4.03. The SMILES string of the molecule is COc1cc(SCCO)c(F)cc1N. The molecule has 3 nitrogen and oxygen atoms in total. The smallest absolute Gasteiger partial charge is 0.143 e. The van der Waals surface area contributed by atoms with Crippen molar-refractivity contribution in [1.82, 2.24) is 0 Å². The molecule has 0 unspecified atom stereocenters. The van der Waals surface area contributed by atoms with Crippen LogP contribution in [0.4, 0.5) is 10.1 Å². The molecule has 0 aliphatic carbocycles. The van der Waals surface area contributed by atoms with E-state index in [0.29, 0.717) is 16.4 Å². The molecule has 3 N–H and O–H groups in total. The summed E-state index contributed by atoms with van der Waals surface area (Å²) in [5.74, 6) is 0.512. The molecule has 1 rings (SSSR count). The molecule has 0 aromatic heterocycles. The van der Waals surface area contributed by atoms with Crippen LogP contribution in [0.5, 0.6) is 5.75 Å². The number of methoxy groups -OCH3 is 1. The number of nitrogens with two attached hydrogens (primary N) is 1. The van der Waals surface area contributed by atoms with Crippen molar-refractivity contribution in [1.29, 1.82) is 0 Å². The Morgan fingerprint density at radius 2 is 2.29 bits per heavy atom. The van der Waals surface area contributed by atoms with Gasteiger partial charge in [-0.1, -0.05) is 0 Å². The van der Waals surface area contributed by atoms with E-state index in [1.54, 1.807) is 0 Å². The van der Waals surface area contributed by atoms with E-state index in [4.69, 9.17) is 15.6 Å². The third kappa shape index (κ3) is 2.52. The summed E-state index contributed by atoms with van der Waals surface area (Å²) in [5.41, 5.74) is 5.78. The second kappa shape index (κ2) is 5.07. The van der Waals surface area contributed by atoms with Crippen molar-refractivity contribution in [2.45, 2.75) is 4.90 Å². The van der Waals surface area contributed by atoms with Gasteiger partial charge < -0.3 is 15.6 Å². The molecule has 0 saturated carbocycles. The van der Waals surface area contributed by atoms with Crippen LogP contribution in [0.2, 0.25) is 0 Å². The van der Waals surface area contributed by atoms with E-state index in [-0.39, 0.29) is 18.1 Å². The van der Waals surface area contributed by atoms with Crippen molar-refractivity contribution in [2.24, 2.45) is 0 Å². The molecule has 0 aliphatic heterocycles. The Labute approximate surface area is 86.1 Å². The number of aliphatic hydroxyl groups excluding tert-OH is 1. The fraction of sp³-hybridized carbons (Fsp3) is 0.333. The lowest BCUT2D eigenvalue weighted by molar-refractivity contribution is 0.322. The highest BCUT2D eigenvalue weighted by Gasteiger charge is 2.08. The van der Waals surface area contributed by atoms with Gasteiger partial charge in [0.25, 0.3) is 0 Å². The van der Waals surface area contributed by atoms with E-state index >= 15 is 0 Å². The number of hydrogen-bond acceptors (Lipinski definition) is 4. The van der Waals surface area contributed by atoms with E-state index < -0.39 is 0 Å². The Hall–Kier alpha value is -0.940. The van der Waals surface area contributed by atoms with Crippen LogP contribution in [0.3, 0.4) is 0 Å². The zero-order valence-electron chi connectivity index (χ0n) is 7.79. The number of nitrogen functional groups attached to an aromatic ring is 1. The molecular weight excluding hydrogens is 205 g/mol. The average molecular weight is 217 g/mol. The summed E-state index contributed by atoms with van der Waals surface area (Å²) in [5, 5.41) is 8.60. The van der Waals surface area contributed by atoms with E-state index in [0.717, 1.165) is 0 Å². The maximum atomic E-state index is 13.3. The van der Waals surface area contributed by atoms with Crippen molar-refractivity contribution >= 4 is 17.4 Å². The van der Waals surface area contributed by atoms with E-state index in [9.17, 15) is 4.39 Å². The van der Waals surface area contributed by atoms with Crippen LogP contribution >= 0.6 is 11.8 Å². The van der Waals surface area contributed by atoms with Gasteiger partial charge in [-0.2, -0.15) is 0 Å². The molecule has 0 aliphatic rings. The Morgan fingerprint density at radius 3 is 2.86 bits per heavy atom. The molecule has 0 amide bonds. The standard InChI is InChI=1S/C9H12FNO2S/c1-13-8-5-9(14-3-2-12)6(10)4-7(8)11/h4-5,12H,2-3,11H2,1H3. The number of halogens is 1. The summed E-state index contributed by atoms with van der Waals surface area (Å²) in [7, 11) is 1.48. The zero-order chi connectivity index (χ0) is 10.6. The lowest BCUT2D eigenvalue weighted by Crippen LogP contribution is -1.95. The number of rotatable bonds is 4. The van der Waals surface area contributed by atoms with E-state index in [1.807, 2.05) is 0 Å². The van der Waals surface area contributed by atoms with Crippen molar-refractivity contribution in [3.63, 3.8) is 0 Å². The van der Waals surface area contributed by atoms with Crippen LogP contribution in [-0.4, -0.2) is 24.6 Å². The number of ether oxygens (including phenoxy) is 1. The first kappa shape index (κ1) is 11.1. The van der Waals surface area contributed by atoms with Gasteiger partial charge in [0.2, 0.25) is 0 Å². The minimum absolute atomic E-state index is 0.0107. The minimum atomic E-state index is -0.387. The third-order valence-corrected chi connectivity index (χ3v) is 2.64. The summed E-state index contributed by atoms with van der Waals surface area (Å²) in [6, 6.07) is 2.75. The normalized spacial score (nSPS) is 10.2. The summed E-state index contributed by atoms with van der Waals surface area (Å²) in [6.45, 7) is 0.0107. The molecule has 1 aromatic carbocycles. The van der Waals surface area contributed by atoms with Gasteiger partial charge in [0.1, 0.15) is 11.6 Å². The summed E-state index contributed by atoms with van der Waals surface area (Å²) in [4.78, 5) is 0.435. The maximum Gasteiger partial charge on any atom is 0.143 e. The van der Waals surface area contributed by atoms with Gasteiger partial charge in [-0.25, -0.2) is 4.39 Å². The van der Waals surface area contributed by atoms with Crippen LogP contribution in [0.15, 0.2) is 17.0 Å². The monoisotopic (exact) mass is 217 g/mol. The summed E-state index contributed by atoms with van der Waals surface area (Å²) < 4.78 is 18.2. The Morgan fingerprint density at radius 1 is 1.57 bits per heavy atom. The molecule has 0 radical (unpaired) electrons. The van der Waals surface area contributed by atoms with Crippen molar-refractivity contribution in [2.75, 3.05) is 25.2 Å². The van der Waals surface area contributed by atoms with Crippen molar-refractivity contribution in [3.8, 4) is 5.75 Å². The largest absolute Gasteiger partial charge is 0.495 e. The van der Waals surface area contributed by atoms with Gasteiger partial charge in [0, 0.05) is 16.7 Å².